The lowest BCUT2D eigenvalue weighted by Gasteiger charge is -2.12. The van der Waals surface area contributed by atoms with Crippen LogP contribution in [-0.2, 0) is 4.79 Å². The fourth-order valence-electron chi connectivity index (χ4n) is 2.38. The third kappa shape index (κ3) is 4.20. The molecule has 0 saturated carbocycles. The van der Waals surface area contributed by atoms with Gasteiger partial charge in [-0.05, 0) is 112 Å². The first-order chi connectivity index (χ1) is 12.4. The lowest BCUT2D eigenvalue weighted by Crippen LogP contribution is -2.27. The van der Waals surface area contributed by atoms with Gasteiger partial charge < -0.3 is 4.74 Å². The van der Waals surface area contributed by atoms with Crippen molar-refractivity contribution in [1.82, 2.24) is 0 Å². The van der Waals surface area contributed by atoms with Crippen LogP contribution in [0.5, 0.6) is 5.75 Å². The summed E-state index contributed by atoms with van der Waals surface area (Å²) in [4.78, 5) is 26.6. The van der Waals surface area contributed by atoms with Crippen LogP contribution in [0.4, 0.5) is 10.5 Å². The molecule has 0 atom stereocenters. The molecule has 26 heavy (non-hydrogen) atoms. The predicted molar refractivity (Wildman–Crippen MR) is 123 cm³/mol. The molecular weight excluding hydrogens is 600 g/mol. The number of ether oxygens (including phenoxy) is 1. The zero-order chi connectivity index (χ0) is 18.8. The van der Waals surface area contributed by atoms with Gasteiger partial charge in [0.25, 0.3) is 11.1 Å². The van der Waals surface area contributed by atoms with E-state index in [1.165, 1.54) is 0 Å². The minimum absolute atomic E-state index is 0.320. The van der Waals surface area contributed by atoms with E-state index < -0.39 is 0 Å². The summed E-state index contributed by atoms with van der Waals surface area (Å²) >= 11 is 11.2. The van der Waals surface area contributed by atoms with Gasteiger partial charge in [0.2, 0.25) is 0 Å². The molecule has 2 amide bonds. The number of carbonyl (C=O) groups is 2. The third-order valence-electron chi connectivity index (χ3n) is 3.49. The van der Waals surface area contributed by atoms with Gasteiger partial charge in [0.05, 0.1) is 24.3 Å². The maximum atomic E-state index is 12.7. The van der Waals surface area contributed by atoms with E-state index in [0.29, 0.717) is 22.2 Å². The monoisotopic (exact) mass is 611 g/mol. The Morgan fingerprint density at radius 1 is 1.15 bits per heavy atom. The van der Waals surface area contributed by atoms with Crippen molar-refractivity contribution in [3.05, 3.63) is 59.0 Å². The molecule has 4 nitrogen and oxygen atoms in total. The van der Waals surface area contributed by atoms with Crippen molar-refractivity contribution in [2.75, 3.05) is 11.5 Å². The molecule has 3 rings (SSSR count). The number of thioether (sulfide) groups is 1. The second-order valence-electron chi connectivity index (χ2n) is 5.24. The molecule has 2 aromatic rings. The molecule has 0 spiro atoms. The zero-order valence-electron chi connectivity index (χ0n) is 13.5. The highest BCUT2D eigenvalue weighted by Crippen LogP contribution is 2.37. The SMILES string of the molecule is CCOc1c(I)cc(/C=C2/SC(=O)N(c3ccc(Cl)cc3)C2=O)cc1I. The van der Waals surface area contributed by atoms with Crippen LogP contribution in [0.2, 0.25) is 5.02 Å². The number of carbonyl (C=O) groups excluding carboxylic acids is 2. The lowest BCUT2D eigenvalue weighted by atomic mass is 10.2. The highest BCUT2D eigenvalue weighted by Gasteiger charge is 2.36. The molecular formula is C18H12ClI2NO3S. The van der Waals surface area contributed by atoms with Crippen LogP contribution in [0.15, 0.2) is 41.3 Å². The summed E-state index contributed by atoms with van der Waals surface area (Å²) in [5.41, 5.74) is 1.36. The highest BCUT2D eigenvalue weighted by molar-refractivity contribution is 14.1. The van der Waals surface area contributed by atoms with Gasteiger partial charge in [0.15, 0.2) is 0 Å². The fraction of sp³-hybridized carbons (Fsp3) is 0.111. The summed E-state index contributed by atoms with van der Waals surface area (Å²) in [6.07, 6.45) is 1.74. The number of hydrogen-bond acceptors (Lipinski definition) is 4. The van der Waals surface area contributed by atoms with Gasteiger partial charge in [0, 0.05) is 5.02 Å². The number of imide groups is 1. The van der Waals surface area contributed by atoms with Crippen molar-refractivity contribution in [2.45, 2.75) is 6.92 Å². The van der Waals surface area contributed by atoms with E-state index in [2.05, 4.69) is 45.2 Å². The smallest absolute Gasteiger partial charge is 0.298 e. The number of hydrogen-bond donors (Lipinski definition) is 0. The Bertz CT molecular complexity index is 892. The highest BCUT2D eigenvalue weighted by atomic mass is 127. The Morgan fingerprint density at radius 3 is 2.35 bits per heavy atom. The second kappa shape index (κ2) is 8.49. The molecule has 8 heteroatoms. The molecule has 2 aromatic carbocycles. The van der Waals surface area contributed by atoms with Gasteiger partial charge in [-0.2, -0.15) is 0 Å². The van der Waals surface area contributed by atoms with Crippen molar-refractivity contribution in [3.63, 3.8) is 0 Å². The van der Waals surface area contributed by atoms with Gasteiger partial charge in [-0.15, -0.1) is 0 Å². The summed E-state index contributed by atoms with van der Waals surface area (Å²) in [5, 5.41) is 0.230. The van der Waals surface area contributed by atoms with Gasteiger partial charge in [-0.1, -0.05) is 11.6 Å². The van der Waals surface area contributed by atoms with Crippen LogP contribution >= 0.6 is 68.5 Å². The lowest BCUT2D eigenvalue weighted by molar-refractivity contribution is -0.113. The molecule has 0 aromatic heterocycles. The Balaban J connectivity index is 1.92. The van der Waals surface area contributed by atoms with Crippen molar-refractivity contribution >= 4 is 91.5 Å². The fourth-order valence-corrected chi connectivity index (χ4v) is 5.47. The van der Waals surface area contributed by atoms with Crippen LogP contribution in [0, 0.1) is 7.14 Å². The quantitative estimate of drug-likeness (QED) is 0.306. The molecule has 0 bridgehead atoms. The van der Waals surface area contributed by atoms with E-state index in [-0.39, 0.29) is 11.1 Å². The number of halogens is 3. The Labute approximate surface area is 187 Å². The molecule has 1 heterocycles. The number of rotatable bonds is 4. The van der Waals surface area contributed by atoms with Gasteiger partial charge in [-0.25, -0.2) is 4.90 Å². The molecule has 134 valence electrons. The molecule has 1 aliphatic rings. The predicted octanol–water partition coefficient (Wildman–Crippen LogP) is 6.19. The summed E-state index contributed by atoms with van der Waals surface area (Å²) < 4.78 is 7.55. The van der Waals surface area contributed by atoms with Crippen LogP contribution in [0.25, 0.3) is 6.08 Å². The summed E-state index contributed by atoms with van der Waals surface area (Å²) in [6, 6.07) is 10.5. The molecule has 1 aliphatic heterocycles. The van der Waals surface area contributed by atoms with E-state index >= 15 is 0 Å². The average Bonchev–Trinajstić information content (AvgIpc) is 2.86. The molecule has 0 radical (unpaired) electrons. The van der Waals surface area contributed by atoms with Gasteiger partial charge >= 0.3 is 0 Å². The molecule has 0 unspecified atom stereocenters. The summed E-state index contributed by atoms with van der Waals surface area (Å²) in [5.74, 6) is 0.501. The van der Waals surface area contributed by atoms with Gasteiger partial charge in [0.1, 0.15) is 5.75 Å². The number of amides is 2. The minimum Gasteiger partial charge on any atom is -0.492 e. The maximum absolute atomic E-state index is 12.7. The molecule has 1 fully saturated rings. The molecule has 1 saturated heterocycles. The summed E-state index contributed by atoms with van der Waals surface area (Å²) in [6.45, 7) is 2.53. The molecule has 0 N–H and O–H groups in total. The summed E-state index contributed by atoms with van der Waals surface area (Å²) in [7, 11) is 0. The van der Waals surface area contributed by atoms with Crippen LogP contribution in [0.3, 0.4) is 0 Å². The van der Waals surface area contributed by atoms with E-state index in [0.717, 1.165) is 35.1 Å². The first-order valence-electron chi connectivity index (χ1n) is 7.56. The first kappa shape index (κ1) is 20.0. The van der Waals surface area contributed by atoms with Crippen molar-refractivity contribution in [1.29, 1.82) is 0 Å². The van der Waals surface area contributed by atoms with Gasteiger partial charge in [-0.3, -0.25) is 9.59 Å². The van der Waals surface area contributed by atoms with Crippen molar-refractivity contribution < 1.29 is 14.3 Å². The normalized spacial score (nSPS) is 15.8. The average molecular weight is 612 g/mol. The topological polar surface area (TPSA) is 46.6 Å². The van der Waals surface area contributed by atoms with E-state index in [1.807, 2.05) is 19.1 Å². The van der Waals surface area contributed by atoms with Crippen molar-refractivity contribution in [3.8, 4) is 5.75 Å². The minimum atomic E-state index is -0.332. The second-order valence-corrected chi connectivity index (χ2v) is 8.99. The number of anilines is 1. The van der Waals surface area contributed by atoms with Crippen molar-refractivity contribution in [2.24, 2.45) is 0 Å². The van der Waals surface area contributed by atoms with E-state index in [9.17, 15) is 9.59 Å². The third-order valence-corrected chi connectivity index (χ3v) is 6.21. The first-order valence-corrected chi connectivity index (χ1v) is 10.9. The largest absolute Gasteiger partial charge is 0.492 e. The van der Waals surface area contributed by atoms with E-state index in [1.54, 1.807) is 30.3 Å². The molecule has 0 aliphatic carbocycles. The Kier molecular flexibility index (Phi) is 6.52. The maximum Gasteiger partial charge on any atom is 0.298 e. The van der Waals surface area contributed by atoms with Crippen LogP contribution in [0.1, 0.15) is 12.5 Å². The van der Waals surface area contributed by atoms with Crippen LogP contribution < -0.4 is 9.64 Å². The Hall–Kier alpha value is -0.780. The number of nitrogens with zero attached hydrogens (tertiary/aromatic N) is 1. The van der Waals surface area contributed by atoms with Crippen LogP contribution in [-0.4, -0.2) is 17.8 Å². The van der Waals surface area contributed by atoms with E-state index in [4.69, 9.17) is 16.3 Å². The zero-order valence-corrected chi connectivity index (χ0v) is 19.4. The Morgan fingerprint density at radius 2 is 1.77 bits per heavy atom. The number of benzene rings is 2. The standard InChI is InChI=1S/C18H12ClI2NO3S/c1-2-25-16-13(20)7-10(8-14(16)21)9-15-17(23)22(18(24)26-15)12-5-3-11(19)4-6-12/h3-9H,2H2,1H3/b15-9+.